The molecule has 3 heterocycles. The molecule has 202 valence electrons. The highest BCUT2D eigenvalue weighted by Crippen LogP contribution is 2.44. The Balaban J connectivity index is 1.22. The van der Waals surface area contributed by atoms with Gasteiger partial charge in [0.1, 0.15) is 24.0 Å². The van der Waals surface area contributed by atoms with Crippen LogP contribution in [-0.2, 0) is 24.3 Å². The van der Waals surface area contributed by atoms with Crippen molar-refractivity contribution in [2.75, 3.05) is 34.3 Å². The molecule has 3 aromatic rings. The van der Waals surface area contributed by atoms with Crippen molar-refractivity contribution in [1.82, 2.24) is 4.90 Å². The molecule has 3 aliphatic heterocycles. The molecule has 8 nitrogen and oxygen atoms in total. The number of fused-ring (bicyclic) bond motifs is 3. The highest BCUT2D eigenvalue weighted by molar-refractivity contribution is 9.10. The summed E-state index contributed by atoms with van der Waals surface area (Å²) in [5, 5.41) is 0. The predicted octanol–water partition coefficient (Wildman–Crippen LogP) is 5.65. The van der Waals surface area contributed by atoms with Gasteiger partial charge in [-0.25, -0.2) is 0 Å². The molecule has 0 radical (unpaired) electrons. The third kappa shape index (κ3) is 4.86. The van der Waals surface area contributed by atoms with Gasteiger partial charge < -0.3 is 28.4 Å². The average Bonchev–Trinajstić information content (AvgIpc) is 3.26. The lowest BCUT2D eigenvalue weighted by Gasteiger charge is -2.30. The molecular formula is C30H28BrNO7. The van der Waals surface area contributed by atoms with Crippen molar-refractivity contribution in [2.45, 2.75) is 26.5 Å². The highest BCUT2D eigenvalue weighted by Gasteiger charge is 2.34. The van der Waals surface area contributed by atoms with Gasteiger partial charge in [-0.1, -0.05) is 22.0 Å². The lowest BCUT2D eigenvalue weighted by atomic mass is 9.99. The molecule has 0 bridgehead atoms. The Labute approximate surface area is 235 Å². The first-order chi connectivity index (χ1) is 18.9. The first-order valence-electron chi connectivity index (χ1n) is 12.6. The highest BCUT2D eigenvalue weighted by atomic mass is 79.9. The van der Waals surface area contributed by atoms with Crippen molar-refractivity contribution in [2.24, 2.45) is 0 Å². The molecule has 0 spiro atoms. The minimum atomic E-state index is -0.154. The Hall–Kier alpha value is -3.53. The summed E-state index contributed by atoms with van der Waals surface area (Å²) in [7, 11) is 3.27. The number of Topliss-reactive ketones (excluding diaryl/α,β-unsaturated/α-hetero) is 1. The van der Waals surface area contributed by atoms with E-state index in [9.17, 15) is 4.79 Å². The standard InChI is InChI=1S/C30H28BrNO7/c1-17-28-20(13-32(15-37-28)7-6-18-4-5-24(34-2)25(8-18)35-3)11-23-27(33)26(39-29(17)23)12-19-9-22(31)10-21-14-36-16-38-30(19)21/h4-5,8-12H,6-7,13-16H2,1-3H3/b26-12-. The predicted molar refractivity (Wildman–Crippen MR) is 148 cm³/mol. The molecule has 9 heteroatoms. The Morgan fingerprint density at radius 2 is 1.85 bits per heavy atom. The van der Waals surface area contributed by atoms with Crippen LogP contribution in [0.5, 0.6) is 28.7 Å². The quantitative estimate of drug-likeness (QED) is 0.339. The summed E-state index contributed by atoms with van der Waals surface area (Å²) in [6.45, 7) is 4.49. The summed E-state index contributed by atoms with van der Waals surface area (Å²) in [5.41, 5.74) is 5.18. The monoisotopic (exact) mass is 593 g/mol. The van der Waals surface area contributed by atoms with E-state index in [1.54, 1.807) is 20.3 Å². The molecule has 3 aromatic carbocycles. The number of carbonyl (C=O) groups is 1. The molecule has 0 saturated heterocycles. The molecule has 0 aromatic heterocycles. The topological polar surface area (TPSA) is 75.7 Å². The van der Waals surface area contributed by atoms with Gasteiger partial charge >= 0.3 is 0 Å². The number of benzene rings is 3. The number of nitrogens with zero attached hydrogens (tertiary/aromatic N) is 1. The Morgan fingerprint density at radius 1 is 1.00 bits per heavy atom. The van der Waals surface area contributed by atoms with Gasteiger partial charge in [-0.3, -0.25) is 9.69 Å². The van der Waals surface area contributed by atoms with E-state index in [0.717, 1.165) is 51.0 Å². The maximum atomic E-state index is 13.5. The van der Waals surface area contributed by atoms with E-state index in [0.29, 0.717) is 48.4 Å². The van der Waals surface area contributed by atoms with Crippen LogP contribution in [0.15, 0.2) is 46.6 Å². The third-order valence-electron chi connectivity index (χ3n) is 7.16. The molecule has 0 aliphatic carbocycles. The Bertz CT molecular complexity index is 1500. The number of halogens is 1. The molecule has 39 heavy (non-hydrogen) atoms. The van der Waals surface area contributed by atoms with Crippen LogP contribution in [-0.4, -0.2) is 45.0 Å². The van der Waals surface area contributed by atoms with Crippen molar-refractivity contribution in [3.05, 3.63) is 80.0 Å². The van der Waals surface area contributed by atoms with Gasteiger partial charge in [0.15, 0.2) is 24.1 Å². The van der Waals surface area contributed by atoms with Crippen molar-refractivity contribution >= 4 is 27.8 Å². The van der Waals surface area contributed by atoms with Crippen molar-refractivity contribution < 1.29 is 33.2 Å². The summed E-state index contributed by atoms with van der Waals surface area (Å²) in [6, 6.07) is 11.7. The minimum Gasteiger partial charge on any atom is -0.493 e. The van der Waals surface area contributed by atoms with E-state index < -0.39 is 0 Å². The molecule has 6 rings (SSSR count). The van der Waals surface area contributed by atoms with Crippen molar-refractivity contribution in [3.8, 4) is 28.7 Å². The van der Waals surface area contributed by atoms with E-state index in [1.807, 2.05) is 43.3 Å². The minimum absolute atomic E-state index is 0.154. The fraction of sp³-hybridized carbons (Fsp3) is 0.300. The molecule has 0 fully saturated rings. The SMILES string of the molecule is COc1ccc(CCN2COc3c(cc4c(c3C)O/C(=C\c3cc(Br)cc5c3OCOC5)C4=O)C2)cc1OC. The van der Waals surface area contributed by atoms with Crippen LogP contribution >= 0.6 is 15.9 Å². The largest absolute Gasteiger partial charge is 0.493 e. The second-order valence-corrected chi connectivity index (χ2v) is 10.6. The van der Waals surface area contributed by atoms with E-state index in [-0.39, 0.29) is 18.3 Å². The van der Waals surface area contributed by atoms with Crippen LogP contribution in [0.2, 0.25) is 0 Å². The zero-order valence-electron chi connectivity index (χ0n) is 22.0. The number of hydrogen-bond acceptors (Lipinski definition) is 8. The van der Waals surface area contributed by atoms with Gasteiger partial charge in [0.2, 0.25) is 5.78 Å². The van der Waals surface area contributed by atoms with Crippen LogP contribution in [0.25, 0.3) is 6.08 Å². The fourth-order valence-electron chi connectivity index (χ4n) is 5.22. The van der Waals surface area contributed by atoms with Crippen molar-refractivity contribution in [3.63, 3.8) is 0 Å². The number of allylic oxidation sites excluding steroid dienone is 1. The maximum absolute atomic E-state index is 13.5. The molecule has 0 N–H and O–H groups in total. The Kier molecular flexibility index (Phi) is 6.97. The van der Waals surface area contributed by atoms with E-state index in [1.165, 1.54) is 0 Å². The number of ketones is 1. The summed E-state index contributed by atoms with van der Waals surface area (Å²) in [6.07, 6.45) is 2.56. The maximum Gasteiger partial charge on any atom is 0.231 e. The first-order valence-corrected chi connectivity index (χ1v) is 13.4. The summed E-state index contributed by atoms with van der Waals surface area (Å²) in [4.78, 5) is 15.7. The van der Waals surface area contributed by atoms with E-state index >= 15 is 0 Å². The molecule has 0 amide bonds. The van der Waals surface area contributed by atoms with Gasteiger partial charge in [0.25, 0.3) is 0 Å². The van der Waals surface area contributed by atoms with Gasteiger partial charge in [-0.2, -0.15) is 0 Å². The molecule has 0 saturated carbocycles. The van der Waals surface area contributed by atoms with E-state index in [4.69, 9.17) is 28.4 Å². The zero-order chi connectivity index (χ0) is 27.1. The lowest BCUT2D eigenvalue weighted by Crippen LogP contribution is -2.34. The second kappa shape index (κ2) is 10.6. The van der Waals surface area contributed by atoms with E-state index in [2.05, 4.69) is 20.8 Å². The number of carbonyl (C=O) groups excluding carboxylic acids is 1. The van der Waals surface area contributed by atoms with Crippen LogP contribution < -0.4 is 23.7 Å². The van der Waals surface area contributed by atoms with Gasteiger partial charge in [-0.05, 0) is 55.3 Å². The summed E-state index contributed by atoms with van der Waals surface area (Å²) in [5.74, 6) is 3.57. The van der Waals surface area contributed by atoms with Crippen LogP contribution in [0, 0.1) is 6.92 Å². The molecule has 3 aliphatic rings. The fourth-order valence-corrected chi connectivity index (χ4v) is 5.74. The molecule has 0 unspecified atom stereocenters. The van der Waals surface area contributed by atoms with Crippen LogP contribution in [0.3, 0.4) is 0 Å². The number of hydrogen-bond donors (Lipinski definition) is 0. The summed E-state index contributed by atoms with van der Waals surface area (Å²) < 4.78 is 35.1. The Morgan fingerprint density at radius 3 is 2.67 bits per heavy atom. The number of methoxy groups -OCH3 is 2. The zero-order valence-corrected chi connectivity index (χ0v) is 23.6. The van der Waals surface area contributed by atoms with Crippen LogP contribution in [0.1, 0.15) is 38.2 Å². The van der Waals surface area contributed by atoms with Gasteiger partial charge in [0, 0.05) is 39.8 Å². The number of rotatable bonds is 6. The first kappa shape index (κ1) is 25.7. The summed E-state index contributed by atoms with van der Waals surface area (Å²) >= 11 is 3.54. The smallest absolute Gasteiger partial charge is 0.231 e. The normalized spacial score (nSPS) is 17.0. The van der Waals surface area contributed by atoms with Crippen molar-refractivity contribution in [1.29, 1.82) is 0 Å². The average molecular weight is 594 g/mol. The van der Waals surface area contributed by atoms with Gasteiger partial charge in [-0.15, -0.1) is 0 Å². The van der Waals surface area contributed by atoms with Gasteiger partial charge in [0.05, 0.1) is 26.4 Å². The van der Waals surface area contributed by atoms with Crippen LogP contribution in [0.4, 0.5) is 0 Å². The molecular weight excluding hydrogens is 566 g/mol. The number of ether oxygens (including phenoxy) is 6. The molecule has 0 atom stereocenters. The lowest BCUT2D eigenvalue weighted by molar-refractivity contribution is -0.0165. The third-order valence-corrected chi connectivity index (χ3v) is 7.61. The second-order valence-electron chi connectivity index (χ2n) is 9.67.